The molecule has 2 unspecified atom stereocenters. The summed E-state index contributed by atoms with van der Waals surface area (Å²) in [6, 6.07) is 0.548. The Labute approximate surface area is 120 Å². The number of nitrogen functional groups attached to an aromatic ring is 1. The third-order valence-corrected chi connectivity index (χ3v) is 3.70. The van der Waals surface area contributed by atoms with Gasteiger partial charge in [0.25, 0.3) is 0 Å². The molecule has 7 nitrogen and oxygen atoms in total. The Kier molecular flexibility index (Phi) is 4.72. The summed E-state index contributed by atoms with van der Waals surface area (Å²) in [7, 11) is 3.79. The lowest BCUT2D eigenvalue weighted by Crippen LogP contribution is -2.48. The van der Waals surface area contributed by atoms with Crippen LogP contribution in [0.2, 0.25) is 0 Å². The van der Waals surface area contributed by atoms with Crippen LogP contribution in [0, 0.1) is 0 Å². The van der Waals surface area contributed by atoms with Crippen molar-refractivity contribution >= 4 is 11.9 Å². The highest BCUT2D eigenvalue weighted by Gasteiger charge is 2.26. The fraction of sp³-hybridized carbons (Fsp3) is 0.769. The number of rotatable bonds is 4. The molecule has 112 valence electrons. The molecule has 2 heterocycles. The first kappa shape index (κ1) is 14.9. The van der Waals surface area contributed by atoms with Crippen LogP contribution in [0.4, 0.5) is 11.9 Å². The molecule has 1 aromatic heterocycles. The van der Waals surface area contributed by atoms with Gasteiger partial charge in [0.2, 0.25) is 11.9 Å². The van der Waals surface area contributed by atoms with Gasteiger partial charge in [-0.15, -0.1) is 0 Å². The summed E-state index contributed by atoms with van der Waals surface area (Å²) in [4.78, 5) is 17.0. The second-order valence-corrected chi connectivity index (χ2v) is 5.70. The van der Waals surface area contributed by atoms with Crippen LogP contribution < -0.4 is 16.4 Å². The molecule has 0 radical (unpaired) electrons. The summed E-state index contributed by atoms with van der Waals surface area (Å²) in [6.07, 6.45) is 3.58. The summed E-state index contributed by atoms with van der Waals surface area (Å²) < 4.78 is 0. The van der Waals surface area contributed by atoms with Gasteiger partial charge in [0.1, 0.15) is 5.82 Å². The van der Waals surface area contributed by atoms with Crippen LogP contribution in [0.1, 0.15) is 32.0 Å². The van der Waals surface area contributed by atoms with E-state index in [1.165, 1.54) is 12.8 Å². The molecule has 1 saturated heterocycles. The summed E-state index contributed by atoms with van der Waals surface area (Å²) in [5.74, 6) is 1.59. The van der Waals surface area contributed by atoms with Crippen molar-refractivity contribution in [1.82, 2.24) is 19.9 Å². The Hall–Kier alpha value is -1.47. The van der Waals surface area contributed by atoms with Crippen LogP contribution in [0.15, 0.2) is 0 Å². The van der Waals surface area contributed by atoms with Crippen LogP contribution in [-0.4, -0.2) is 52.6 Å². The molecule has 4 N–H and O–H groups in total. The third-order valence-electron chi connectivity index (χ3n) is 3.70. The zero-order valence-corrected chi connectivity index (χ0v) is 12.6. The molecule has 7 heteroatoms. The Morgan fingerprint density at radius 1 is 1.30 bits per heavy atom. The zero-order valence-electron chi connectivity index (χ0n) is 12.6. The smallest absolute Gasteiger partial charge is 0.229 e. The molecule has 0 saturated carbocycles. The molecule has 1 aromatic rings. The summed E-state index contributed by atoms with van der Waals surface area (Å²) in [5, 5.41) is 0. The van der Waals surface area contributed by atoms with Crippen LogP contribution in [0.3, 0.4) is 0 Å². The third kappa shape index (κ3) is 3.55. The van der Waals surface area contributed by atoms with Crippen molar-refractivity contribution in [2.75, 3.05) is 31.3 Å². The molecule has 2 rings (SSSR count). The van der Waals surface area contributed by atoms with Crippen LogP contribution in [-0.2, 0) is 6.54 Å². The van der Waals surface area contributed by atoms with Crippen molar-refractivity contribution < 1.29 is 0 Å². The maximum absolute atomic E-state index is 6.09. The Morgan fingerprint density at radius 3 is 2.70 bits per heavy atom. The minimum Gasteiger partial charge on any atom is -0.368 e. The van der Waals surface area contributed by atoms with Gasteiger partial charge in [-0.1, -0.05) is 6.42 Å². The van der Waals surface area contributed by atoms with Gasteiger partial charge >= 0.3 is 0 Å². The van der Waals surface area contributed by atoms with E-state index in [0.29, 0.717) is 24.4 Å². The van der Waals surface area contributed by atoms with Crippen molar-refractivity contribution in [2.45, 2.75) is 44.8 Å². The topological polar surface area (TPSA) is 97.2 Å². The van der Waals surface area contributed by atoms with Crippen molar-refractivity contribution in [2.24, 2.45) is 5.73 Å². The van der Waals surface area contributed by atoms with E-state index in [1.807, 2.05) is 19.0 Å². The number of aromatic nitrogens is 3. The molecule has 0 bridgehead atoms. The van der Waals surface area contributed by atoms with Gasteiger partial charge in [-0.05, 0) is 26.3 Å². The summed E-state index contributed by atoms with van der Waals surface area (Å²) >= 11 is 0. The highest BCUT2D eigenvalue weighted by Crippen LogP contribution is 2.21. The number of nitrogens with two attached hydrogens (primary N) is 2. The van der Waals surface area contributed by atoms with Crippen LogP contribution in [0.25, 0.3) is 0 Å². The minimum atomic E-state index is 0.155. The lowest BCUT2D eigenvalue weighted by molar-refractivity contribution is 0.120. The summed E-state index contributed by atoms with van der Waals surface area (Å²) in [6.45, 7) is 3.78. The number of anilines is 2. The monoisotopic (exact) mass is 279 g/mol. The first-order valence-electron chi connectivity index (χ1n) is 7.14. The highest BCUT2D eigenvalue weighted by molar-refractivity contribution is 5.32. The van der Waals surface area contributed by atoms with E-state index in [2.05, 4.69) is 26.8 Å². The molecular weight excluding hydrogens is 254 g/mol. The zero-order chi connectivity index (χ0) is 14.7. The van der Waals surface area contributed by atoms with E-state index in [1.54, 1.807) is 0 Å². The fourth-order valence-corrected chi connectivity index (χ4v) is 2.69. The Balaban J connectivity index is 2.15. The SMILES string of the molecule is CC(N)C1CCCCN1Cc1nc(N)nc(N(C)C)n1. The molecule has 2 atom stereocenters. The number of nitrogens with zero attached hydrogens (tertiary/aromatic N) is 5. The van der Waals surface area contributed by atoms with E-state index in [9.17, 15) is 0 Å². The quantitative estimate of drug-likeness (QED) is 0.813. The van der Waals surface area contributed by atoms with Gasteiger partial charge in [0, 0.05) is 26.2 Å². The first-order chi connectivity index (χ1) is 9.47. The largest absolute Gasteiger partial charge is 0.368 e. The molecule has 1 aliphatic heterocycles. The van der Waals surface area contributed by atoms with Gasteiger partial charge in [0.05, 0.1) is 6.54 Å². The molecule has 0 aromatic carbocycles. The summed E-state index contributed by atoms with van der Waals surface area (Å²) in [5.41, 5.74) is 11.9. The second-order valence-electron chi connectivity index (χ2n) is 5.70. The highest BCUT2D eigenvalue weighted by atomic mass is 15.3. The Morgan fingerprint density at radius 2 is 2.05 bits per heavy atom. The number of hydrogen-bond donors (Lipinski definition) is 2. The maximum Gasteiger partial charge on any atom is 0.229 e. The maximum atomic E-state index is 6.09. The molecular formula is C13H25N7. The molecule has 0 spiro atoms. The van der Waals surface area contributed by atoms with E-state index in [-0.39, 0.29) is 12.0 Å². The number of piperidine rings is 1. The van der Waals surface area contributed by atoms with E-state index < -0.39 is 0 Å². The van der Waals surface area contributed by atoms with Gasteiger partial charge in [-0.3, -0.25) is 4.90 Å². The Bertz CT molecular complexity index is 446. The number of likely N-dealkylation sites (tertiary alicyclic amines) is 1. The van der Waals surface area contributed by atoms with Crippen molar-refractivity contribution in [3.63, 3.8) is 0 Å². The van der Waals surface area contributed by atoms with E-state index >= 15 is 0 Å². The molecule has 0 amide bonds. The van der Waals surface area contributed by atoms with E-state index in [4.69, 9.17) is 11.5 Å². The molecule has 0 aliphatic carbocycles. The van der Waals surface area contributed by atoms with Gasteiger partial charge in [0.15, 0.2) is 0 Å². The standard InChI is InChI=1S/C13H25N7/c1-9(14)10-6-4-5-7-20(10)8-11-16-12(15)18-13(17-11)19(2)3/h9-10H,4-8,14H2,1-3H3,(H2,15,16,17,18). The molecule has 1 aliphatic rings. The predicted octanol–water partition coefficient (Wildman–Crippen LogP) is 0.222. The van der Waals surface area contributed by atoms with Gasteiger partial charge in [-0.25, -0.2) is 0 Å². The number of hydrogen-bond acceptors (Lipinski definition) is 7. The van der Waals surface area contributed by atoms with Crippen LogP contribution >= 0.6 is 0 Å². The molecule has 1 fully saturated rings. The lowest BCUT2D eigenvalue weighted by Gasteiger charge is -2.37. The minimum absolute atomic E-state index is 0.155. The van der Waals surface area contributed by atoms with Crippen molar-refractivity contribution in [1.29, 1.82) is 0 Å². The van der Waals surface area contributed by atoms with Gasteiger partial charge in [-0.2, -0.15) is 15.0 Å². The fourth-order valence-electron chi connectivity index (χ4n) is 2.69. The van der Waals surface area contributed by atoms with E-state index in [0.717, 1.165) is 13.0 Å². The van der Waals surface area contributed by atoms with Crippen molar-refractivity contribution in [3.8, 4) is 0 Å². The predicted molar refractivity (Wildman–Crippen MR) is 80.3 cm³/mol. The average molecular weight is 279 g/mol. The normalized spacial score (nSPS) is 21.7. The lowest BCUT2D eigenvalue weighted by atomic mass is 9.97. The average Bonchev–Trinajstić information content (AvgIpc) is 2.38. The molecule has 20 heavy (non-hydrogen) atoms. The second kappa shape index (κ2) is 6.32. The van der Waals surface area contributed by atoms with Crippen molar-refractivity contribution in [3.05, 3.63) is 5.82 Å². The van der Waals surface area contributed by atoms with Crippen LogP contribution in [0.5, 0.6) is 0 Å². The van der Waals surface area contributed by atoms with Gasteiger partial charge < -0.3 is 16.4 Å². The first-order valence-corrected chi connectivity index (χ1v) is 7.14.